The summed E-state index contributed by atoms with van der Waals surface area (Å²) in [6, 6.07) is 11.5. The summed E-state index contributed by atoms with van der Waals surface area (Å²) >= 11 is 0. The quantitative estimate of drug-likeness (QED) is 0.940. The summed E-state index contributed by atoms with van der Waals surface area (Å²) in [4.78, 5) is 12.5. The molecule has 21 heavy (non-hydrogen) atoms. The van der Waals surface area contributed by atoms with Crippen LogP contribution in [0.25, 0.3) is 11.3 Å². The fraction of sp³-hybridized carbons (Fsp3) is 0.353. The van der Waals surface area contributed by atoms with Crippen LogP contribution >= 0.6 is 0 Å². The van der Waals surface area contributed by atoms with Crippen molar-refractivity contribution in [2.45, 2.75) is 26.3 Å². The van der Waals surface area contributed by atoms with E-state index in [0.29, 0.717) is 12.2 Å². The molecule has 2 rings (SSSR count). The molecule has 1 heterocycles. The van der Waals surface area contributed by atoms with Crippen LogP contribution < -0.4 is 16.0 Å². The highest BCUT2D eigenvalue weighted by Gasteiger charge is 2.20. The van der Waals surface area contributed by atoms with E-state index in [1.165, 1.54) is 0 Å². The molecule has 0 bridgehead atoms. The lowest BCUT2D eigenvalue weighted by Crippen LogP contribution is -2.37. The average Bonchev–Trinajstić information content (AvgIpc) is 2.41. The number of nitrogens with two attached hydrogens (primary N) is 1. The highest BCUT2D eigenvalue weighted by atomic mass is 16.5. The molecule has 2 N–H and O–H groups in total. The second-order valence-electron chi connectivity index (χ2n) is 5.68. The SMILES string of the molecule is CCOc1cccc(-c2ccc(C(C)(C)N)c(=O)n2C)c1. The summed E-state index contributed by atoms with van der Waals surface area (Å²) in [5, 5.41) is 0. The van der Waals surface area contributed by atoms with Crippen molar-refractivity contribution in [3.8, 4) is 17.0 Å². The van der Waals surface area contributed by atoms with Gasteiger partial charge in [0.1, 0.15) is 5.75 Å². The molecule has 0 amide bonds. The van der Waals surface area contributed by atoms with E-state index in [9.17, 15) is 4.79 Å². The largest absolute Gasteiger partial charge is 0.494 e. The van der Waals surface area contributed by atoms with Gasteiger partial charge in [-0.1, -0.05) is 12.1 Å². The lowest BCUT2D eigenvalue weighted by Gasteiger charge is -2.20. The minimum absolute atomic E-state index is 0.0678. The van der Waals surface area contributed by atoms with Gasteiger partial charge in [-0.05, 0) is 45.0 Å². The standard InChI is InChI=1S/C17H22N2O2/c1-5-21-13-8-6-7-12(11-13)15-10-9-14(17(2,3)18)16(20)19(15)4/h6-11H,5,18H2,1-4H3. The third kappa shape index (κ3) is 3.16. The van der Waals surface area contributed by atoms with Gasteiger partial charge in [-0.15, -0.1) is 0 Å². The maximum Gasteiger partial charge on any atom is 0.255 e. The third-order valence-corrected chi connectivity index (χ3v) is 3.44. The van der Waals surface area contributed by atoms with E-state index in [4.69, 9.17) is 10.5 Å². The lowest BCUT2D eigenvalue weighted by atomic mass is 9.96. The zero-order chi connectivity index (χ0) is 15.6. The molecule has 4 nitrogen and oxygen atoms in total. The monoisotopic (exact) mass is 286 g/mol. The van der Waals surface area contributed by atoms with E-state index in [1.807, 2.05) is 57.2 Å². The van der Waals surface area contributed by atoms with Crippen LogP contribution in [0.5, 0.6) is 5.75 Å². The van der Waals surface area contributed by atoms with E-state index in [0.717, 1.165) is 17.0 Å². The topological polar surface area (TPSA) is 57.2 Å². The van der Waals surface area contributed by atoms with Crippen molar-refractivity contribution in [1.82, 2.24) is 4.57 Å². The van der Waals surface area contributed by atoms with Gasteiger partial charge in [0, 0.05) is 23.7 Å². The first kappa shape index (κ1) is 15.3. The van der Waals surface area contributed by atoms with E-state index >= 15 is 0 Å². The zero-order valence-electron chi connectivity index (χ0n) is 13.0. The maximum absolute atomic E-state index is 12.5. The Hall–Kier alpha value is -2.07. The number of aromatic nitrogens is 1. The maximum atomic E-state index is 12.5. The number of ether oxygens (including phenoxy) is 1. The molecule has 0 saturated carbocycles. The van der Waals surface area contributed by atoms with Crippen LogP contribution in [0.1, 0.15) is 26.3 Å². The van der Waals surface area contributed by atoms with Crippen LogP contribution in [0, 0.1) is 0 Å². The van der Waals surface area contributed by atoms with Gasteiger partial charge < -0.3 is 15.0 Å². The van der Waals surface area contributed by atoms with Crippen molar-refractivity contribution in [3.63, 3.8) is 0 Å². The van der Waals surface area contributed by atoms with Crippen molar-refractivity contribution in [2.24, 2.45) is 12.8 Å². The molecule has 0 radical (unpaired) electrons. The van der Waals surface area contributed by atoms with Crippen LogP contribution in [0.3, 0.4) is 0 Å². The molecule has 0 aliphatic carbocycles. The van der Waals surface area contributed by atoms with Gasteiger partial charge in [0.25, 0.3) is 5.56 Å². The molecule has 112 valence electrons. The molecular weight excluding hydrogens is 264 g/mol. The summed E-state index contributed by atoms with van der Waals surface area (Å²) in [6.45, 7) is 6.22. The van der Waals surface area contributed by atoms with E-state index in [2.05, 4.69) is 0 Å². The summed E-state index contributed by atoms with van der Waals surface area (Å²) in [5.41, 5.74) is 7.72. The second kappa shape index (κ2) is 5.74. The molecule has 0 aliphatic rings. The van der Waals surface area contributed by atoms with Gasteiger partial charge in [-0.2, -0.15) is 0 Å². The lowest BCUT2D eigenvalue weighted by molar-refractivity contribution is 0.340. The first-order valence-electron chi connectivity index (χ1n) is 7.07. The molecule has 0 spiro atoms. The van der Waals surface area contributed by atoms with E-state index in [-0.39, 0.29) is 5.56 Å². The predicted molar refractivity (Wildman–Crippen MR) is 85.5 cm³/mol. The van der Waals surface area contributed by atoms with Gasteiger partial charge in [0.2, 0.25) is 0 Å². The van der Waals surface area contributed by atoms with Crippen molar-refractivity contribution >= 4 is 0 Å². The Morgan fingerprint density at radius 1 is 1.24 bits per heavy atom. The zero-order valence-corrected chi connectivity index (χ0v) is 13.0. The van der Waals surface area contributed by atoms with Gasteiger partial charge in [-0.25, -0.2) is 0 Å². The third-order valence-electron chi connectivity index (χ3n) is 3.44. The van der Waals surface area contributed by atoms with Gasteiger partial charge in [-0.3, -0.25) is 4.79 Å². The van der Waals surface area contributed by atoms with Crippen molar-refractivity contribution in [2.75, 3.05) is 6.61 Å². The van der Waals surface area contributed by atoms with Gasteiger partial charge in [0.15, 0.2) is 0 Å². The van der Waals surface area contributed by atoms with Crippen molar-refractivity contribution in [1.29, 1.82) is 0 Å². The van der Waals surface area contributed by atoms with Crippen LogP contribution in [0.2, 0.25) is 0 Å². The minimum atomic E-state index is -0.652. The fourth-order valence-corrected chi connectivity index (χ4v) is 2.33. The first-order chi connectivity index (χ1) is 9.84. The Morgan fingerprint density at radius 3 is 2.57 bits per heavy atom. The van der Waals surface area contributed by atoms with Crippen LogP contribution in [-0.2, 0) is 12.6 Å². The Bertz CT molecular complexity index is 697. The Morgan fingerprint density at radius 2 is 1.95 bits per heavy atom. The molecule has 0 atom stereocenters. The number of pyridine rings is 1. The van der Waals surface area contributed by atoms with E-state index in [1.54, 1.807) is 11.6 Å². The predicted octanol–water partition coefficient (Wildman–Crippen LogP) is 2.64. The molecule has 1 aromatic carbocycles. The smallest absolute Gasteiger partial charge is 0.255 e. The molecule has 4 heteroatoms. The number of hydrogen-bond acceptors (Lipinski definition) is 3. The second-order valence-corrected chi connectivity index (χ2v) is 5.68. The number of hydrogen-bond donors (Lipinski definition) is 1. The molecular formula is C17H22N2O2. The summed E-state index contributed by atoms with van der Waals surface area (Å²) in [6.07, 6.45) is 0. The Balaban J connectivity index is 2.54. The van der Waals surface area contributed by atoms with Crippen LogP contribution in [0.15, 0.2) is 41.2 Å². The van der Waals surface area contributed by atoms with E-state index < -0.39 is 5.54 Å². The molecule has 0 saturated heterocycles. The average molecular weight is 286 g/mol. The Labute approximate surface area is 125 Å². The highest BCUT2D eigenvalue weighted by Crippen LogP contribution is 2.24. The minimum Gasteiger partial charge on any atom is -0.494 e. The van der Waals surface area contributed by atoms with Crippen molar-refractivity contribution in [3.05, 3.63) is 52.3 Å². The van der Waals surface area contributed by atoms with Crippen molar-refractivity contribution < 1.29 is 4.74 Å². The molecule has 0 fully saturated rings. The highest BCUT2D eigenvalue weighted by molar-refractivity contribution is 5.62. The summed E-state index contributed by atoms with van der Waals surface area (Å²) in [5.74, 6) is 0.797. The fourth-order valence-electron chi connectivity index (χ4n) is 2.33. The summed E-state index contributed by atoms with van der Waals surface area (Å²) in [7, 11) is 1.76. The first-order valence-corrected chi connectivity index (χ1v) is 7.07. The normalized spacial score (nSPS) is 11.5. The van der Waals surface area contributed by atoms with Gasteiger partial charge >= 0.3 is 0 Å². The molecule has 2 aromatic rings. The van der Waals surface area contributed by atoms with Crippen LogP contribution in [-0.4, -0.2) is 11.2 Å². The molecule has 0 unspecified atom stereocenters. The number of nitrogens with zero attached hydrogens (tertiary/aromatic N) is 1. The molecule has 1 aromatic heterocycles. The van der Waals surface area contributed by atoms with Crippen LogP contribution in [0.4, 0.5) is 0 Å². The van der Waals surface area contributed by atoms with Gasteiger partial charge in [0.05, 0.1) is 12.3 Å². The summed E-state index contributed by atoms with van der Waals surface area (Å²) < 4.78 is 7.14. The number of benzene rings is 1. The number of rotatable bonds is 4. The molecule has 0 aliphatic heterocycles. The Kier molecular flexibility index (Phi) is 4.19.